The van der Waals surface area contributed by atoms with Gasteiger partial charge in [0.2, 0.25) is 0 Å². The van der Waals surface area contributed by atoms with Crippen LogP contribution in [0.3, 0.4) is 0 Å². The maximum atomic E-state index is 4.54. The standard InChI is InChI=1S/C37H51N/c1-8-13-16-27(6)23-32-17-14-15-22-37(32,7)36-34-20-18-29(28(9-2)10-3)24-30(34)25-31-26-33(19-21-35(31)36)38(11-4)12-5/h14-15,18-21,24,26,32H,6,8-13,16-17,22-23,25H2,1-5,7H3. The summed E-state index contributed by atoms with van der Waals surface area (Å²) < 4.78 is 0. The van der Waals surface area contributed by atoms with Crippen LogP contribution in [0.2, 0.25) is 0 Å². The monoisotopic (exact) mass is 509 g/mol. The van der Waals surface area contributed by atoms with E-state index < -0.39 is 0 Å². The highest BCUT2D eigenvalue weighted by Gasteiger charge is 2.40. The van der Waals surface area contributed by atoms with Crippen molar-refractivity contribution in [3.05, 3.63) is 87.8 Å². The molecule has 0 aromatic heterocycles. The van der Waals surface area contributed by atoms with E-state index in [1.807, 2.05) is 0 Å². The minimum atomic E-state index is 0.0914. The van der Waals surface area contributed by atoms with Crippen LogP contribution >= 0.6 is 0 Å². The van der Waals surface area contributed by atoms with E-state index in [1.165, 1.54) is 57.7 Å². The van der Waals surface area contributed by atoms with E-state index >= 15 is 0 Å². The highest BCUT2D eigenvalue weighted by molar-refractivity contribution is 5.78. The molecule has 0 aliphatic heterocycles. The Labute approximate surface area is 233 Å². The Balaban J connectivity index is 1.94. The Morgan fingerprint density at radius 1 is 0.947 bits per heavy atom. The quantitative estimate of drug-likeness (QED) is 0.274. The van der Waals surface area contributed by atoms with E-state index in [4.69, 9.17) is 0 Å². The number of benzene rings is 2. The number of rotatable bonds is 11. The van der Waals surface area contributed by atoms with Gasteiger partial charge in [-0.05, 0) is 116 Å². The van der Waals surface area contributed by atoms with Crippen LogP contribution in [0, 0.1) is 11.3 Å². The summed E-state index contributed by atoms with van der Waals surface area (Å²) in [4.78, 5) is 2.48. The van der Waals surface area contributed by atoms with Gasteiger partial charge in [-0.15, -0.1) is 0 Å². The van der Waals surface area contributed by atoms with Gasteiger partial charge in [-0.3, -0.25) is 0 Å². The summed E-state index contributed by atoms with van der Waals surface area (Å²) >= 11 is 0. The molecule has 0 amide bonds. The van der Waals surface area contributed by atoms with Crippen molar-refractivity contribution in [2.75, 3.05) is 18.0 Å². The largest absolute Gasteiger partial charge is 0.372 e. The van der Waals surface area contributed by atoms with Gasteiger partial charge in [0.1, 0.15) is 0 Å². The van der Waals surface area contributed by atoms with Gasteiger partial charge in [0.25, 0.3) is 0 Å². The minimum absolute atomic E-state index is 0.0914. The second-order valence-corrected chi connectivity index (χ2v) is 11.8. The summed E-state index contributed by atoms with van der Waals surface area (Å²) in [5.41, 5.74) is 10.5. The molecule has 0 saturated carbocycles. The third kappa shape index (κ3) is 5.58. The molecule has 38 heavy (non-hydrogen) atoms. The fraction of sp³-hybridized carbons (Fsp3) is 0.514. The molecule has 0 heterocycles. The molecule has 2 aromatic carbocycles. The summed E-state index contributed by atoms with van der Waals surface area (Å²) in [7, 11) is 0. The van der Waals surface area contributed by atoms with Crippen LogP contribution in [0.5, 0.6) is 0 Å². The molecule has 4 rings (SSSR count). The summed E-state index contributed by atoms with van der Waals surface area (Å²) in [5.74, 6) is 0.584. The lowest BCUT2D eigenvalue weighted by Gasteiger charge is -2.44. The van der Waals surface area contributed by atoms with Gasteiger partial charge in [-0.2, -0.15) is 0 Å². The smallest absolute Gasteiger partial charge is 0.0369 e. The Bertz CT molecular complexity index is 1280. The molecule has 0 saturated heterocycles. The van der Waals surface area contributed by atoms with Gasteiger partial charge < -0.3 is 4.90 Å². The maximum Gasteiger partial charge on any atom is 0.0369 e. The number of nitrogens with zero attached hydrogens (tertiary/aromatic N) is 1. The van der Waals surface area contributed by atoms with Crippen molar-refractivity contribution in [3.8, 4) is 0 Å². The van der Waals surface area contributed by atoms with Gasteiger partial charge in [0.05, 0.1) is 0 Å². The molecular formula is C37H51N. The second-order valence-electron chi connectivity index (χ2n) is 11.8. The van der Waals surface area contributed by atoms with E-state index in [-0.39, 0.29) is 5.41 Å². The average molecular weight is 510 g/mol. The number of unbranched alkanes of at least 4 members (excludes halogenated alkanes) is 1. The van der Waals surface area contributed by atoms with Crippen molar-refractivity contribution in [2.24, 2.45) is 11.3 Å². The fourth-order valence-corrected chi connectivity index (χ4v) is 7.09. The molecule has 2 aliphatic rings. The fourth-order valence-electron chi connectivity index (χ4n) is 7.09. The molecule has 1 heteroatoms. The van der Waals surface area contributed by atoms with Crippen LogP contribution in [0.15, 0.2) is 60.7 Å². The van der Waals surface area contributed by atoms with Crippen LogP contribution in [-0.2, 0) is 6.42 Å². The number of hydrogen-bond donors (Lipinski definition) is 0. The lowest BCUT2D eigenvalue weighted by molar-refractivity contribution is 0.255. The highest BCUT2D eigenvalue weighted by Crippen LogP contribution is 2.51. The molecule has 0 N–H and O–H groups in total. The molecule has 2 aromatic rings. The summed E-state index contributed by atoms with van der Waals surface area (Å²) in [5, 5.41) is 2.93. The first-order valence-electron chi connectivity index (χ1n) is 15.5. The number of fused-ring (bicyclic) bond motifs is 2. The zero-order valence-corrected chi connectivity index (χ0v) is 25.1. The zero-order valence-electron chi connectivity index (χ0n) is 25.1. The molecule has 2 atom stereocenters. The predicted octanol–water partition coefficient (Wildman–Crippen LogP) is 8.72. The minimum Gasteiger partial charge on any atom is -0.372 e. The van der Waals surface area contributed by atoms with Crippen LogP contribution in [0.1, 0.15) is 110 Å². The summed E-state index contributed by atoms with van der Waals surface area (Å²) in [6, 6.07) is 14.7. The molecule has 0 radical (unpaired) electrons. The van der Waals surface area contributed by atoms with Crippen molar-refractivity contribution in [2.45, 2.75) is 99.3 Å². The SMILES string of the molecule is C=C(CCCC)CC1CC=CCC1(C)C1=c2ccc(=C(CC)CC)cc2Cc2cc(N(CC)CC)ccc21. The maximum absolute atomic E-state index is 4.54. The Hall–Kier alpha value is -2.54. The Morgan fingerprint density at radius 2 is 1.71 bits per heavy atom. The van der Waals surface area contributed by atoms with Crippen LogP contribution in [0.25, 0.3) is 11.1 Å². The topological polar surface area (TPSA) is 3.24 Å². The molecule has 1 nitrogen and oxygen atoms in total. The number of anilines is 1. The van der Waals surface area contributed by atoms with E-state index in [1.54, 1.807) is 11.1 Å². The van der Waals surface area contributed by atoms with Crippen LogP contribution in [0.4, 0.5) is 5.69 Å². The van der Waals surface area contributed by atoms with Crippen molar-refractivity contribution in [3.63, 3.8) is 0 Å². The van der Waals surface area contributed by atoms with Gasteiger partial charge in [0, 0.05) is 24.2 Å². The first-order valence-corrected chi connectivity index (χ1v) is 15.5. The van der Waals surface area contributed by atoms with E-state index in [9.17, 15) is 0 Å². The molecule has 2 unspecified atom stereocenters. The van der Waals surface area contributed by atoms with Crippen molar-refractivity contribution < 1.29 is 0 Å². The molecule has 204 valence electrons. The summed E-state index contributed by atoms with van der Waals surface area (Å²) in [6.07, 6.45) is 15.2. The first kappa shape index (κ1) is 28.5. The normalized spacial score (nSPS) is 20.2. The summed E-state index contributed by atoms with van der Waals surface area (Å²) in [6.45, 7) is 20.6. The number of allylic oxidation sites excluding steroid dienone is 3. The van der Waals surface area contributed by atoms with Crippen LogP contribution < -0.4 is 15.3 Å². The van der Waals surface area contributed by atoms with Crippen molar-refractivity contribution in [1.82, 2.24) is 0 Å². The van der Waals surface area contributed by atoms with Crippen molar-refractivity contribution in [1.29, 1.82) is 0 Å². The third-order valence-corrected chi connectivity index (χ3v) is 9.52. The average Bonchev–Trinajstić information content (AvgIpc) is 2.93. The Kier molecular flexibility index (Phi) is 9.40. The number of hydrogen-bond acceptors (Lipinski definition) is 1. The molecule has 0 fully saturated rings. The Morgan fingerprint density at radius 3 is 2.39 bits per heavy atom. The van der Waals surface area contributed by atoms with Gasteiger partial charge in [-0.25, -0.2) is 0 Å². The molecule has 0 bridgehead atoms. The zero-order chi connectivity index (χ0) is 27.3. The van der Waals surface area contributed by atoms with Gasteiger partial charge >= 0.3 is 0 Å². The lowest BCUT2D eigenvalue weighted by Crippen LogP contribution is -2.38. The lowest BCUT2D eigenvalue weighted by atomic mass is 9.60. The highest BCUT2D eigenvalue weighted by atomic mass is 15.1. The first-order chi connectivity index (χ1) is 18.4. The van der Waals surface area contributed by atoms with Crippen LogP contribution in [-0.4, -0.2) is 13.1 Å². The van der Waals surface area contributed by atoms with Crippen molar-refractivity contribution >= 4 is 16.8 Å². The van der Waals surface area contributed by atoms with Gasteiger partial charge in [-0.1, -0.05) is 88.3 Å². The molecule has 2 aliphatic carbocycles. The van der Waals surface area contributed by atoms with E-state index in [0.717, 1.165) is 51.6 Å². The predicted molar refractivity (Wildman–Crippen MR) is 168 cm³/mol. The molecular weight excluding hydrogens is 458 g/mol. The third-order valence-electron chi connectivity index (χ3n) is 9.52. The van der Waals surface area contributed by atoms with E-state index in [2.05, 4.69) is 102 Å². The van der Waals surface area contributed by atoms with Gasteiger partial charge in [0.15, 0.2) is 0 Å². The van der Waals surface area contributed by atoms with E-state index in [0.29, 0.717) is 5.92 Å². The second kappa shape index (κ2) is 12.5. The molecule has 0 spiro atoms.